The smallest absolute Gasteiger partial charge is 0.408 e. The summed E-state index contributed by atoms with van der Waals surface area (Å²) in [6, 6.07) is 1.87. The predicted octanol–water partition coefficient (Wildman–Crippen LogP) is 4.98. The second kappa shape index (κ2) is 12.7. The standard InChI is InChI=1S/C34H42N6O6S/c1-20-14-21(29-35-12-13-47-29)15-25-27(20)36-19-40(25)23-16-26-28(41)38-34(31(43)44)17-22(34)10-8-6-5-7-9-11-24(30(42)39(26)18-23)37-32(45)46-33(2,3)4/h8,10,12-15,19,22-24,26H,5-7,9,11,16-18H2,1-4H3,(H,37,45)(H,38,41)(H,43,44)/t22-,23-,24+,26+,34-/m1/s1. The van der Waals surface area contributed by atoms with Crippen molar-refractivity contribution in [3.05, 3.63) is 47.8 Å². The molecule has 0 spiro atoms. The Hall–Kier alpha value is -4.26. The molecule has 0 radical (unpaired) electrons. The van der Waals surface area contributed by atoms with Gasteiger partial charge >= 0.3 is 12.1 Å². The van der Waals surface area contributed by atoms with Gasteiger partial charge in [0, 0.05) is 29.6 Å². The zero-order valence-electron chi connectivity index (χ0n) is 27.2. The van der Waals surface area contributed by atoms with Crippen molar-refractivity contribution in [3.8, 4) is 10.6 Å². The molecular formula is C34H42N6O6S. The molecule has 5 atom stereocenters. The largest absolute Gasteiger partial charge is 0.479 e. The number of imidazole rings is 1. The third-order valence-electron chi connectivity index (χ3n) is 9.27. The maximum atomic E-state index is 14.4. The summed E-state index contributed by atoms with van der Waals surface area (Å²) in [6.45, 7) is 7.43. The van der Waals surface area contributed by atoms with Crippen LogP contribution in [0.25, 0.3) is 21.6 Å². The third-order valence-corrected chi connectivity index (χ3v) is 10.1. The molecule has 3 N–H and O–H groups in total. The Balaban J connectivity index is 1.36. The molecule has 1 aromatic carbocycles. The maximum Gasteiger partial charge on any atom is 0.408 e. The van der Waals surface area contributed by atoms with Crippen LogP contribution in [0, 0.1) is 12.8 Å². The van der Waals surface area contributed by atoms with Crippen LogP contribution >= 0.6 is 11.3 Å². The van der Waals surface area contributed by atoms with Crippen molar-refractivity contribution in [2.24, 2.45) is 5.92 Å². The third kappa shape index (κ3) is 6.76. The predicted molar refractivity (Wildman–Crippen MR) is 177 cm³/mol. The molecule has 13 heteroatoms. The monoisotopic (exact) mass is 662 g/mol. The van der Waals surface area contributed by atoms with Gasteiger partial charge in [-0.05, 0) is 77.5 Å². The number of carboxylic acid groups (broad SMARTS) is 1. The first kappa shape index (κ1) is 32.7. The number of aromatic nitrogens is 3. The fourth-order valence-electron chi connectivity index (χ4n) is 6.82. The van der Waals surface area contributed by atoms with Crippen LogP contribution in [0.5, 0.6) is 0 Å². The lowest BCUT2D eigenvalue weighted by Crippen LogP contribution is -2.56. The van der Waals surface area contributed by atoms with E-state index in [1.165, 1.54) is 16.2 Å². The Morgan fingerprint density at radius 3 is 2.70 bits per heavy atom. The van der Waals surface area contributed by atoms with Crippen molar-refractivity contribution in [1.82, 2.24) is 30.1 Å². The number of carbonyl (C=O) groups excluding carboxylic acids is 3. The van der Waals surface area contributed by atoms with Gasteiger partial charge in [0.1, 0.15) is 28.2 Å². The number of ether oxygens (including phenoxy) is 1. The number of carboxylic acids is 1. The second-order valence-electron chi connectivity index (χ2n) is 13.9. The van der Waals surface area contributed by atoms with E-state index in [0.717, 1.165) is 46.4 Å². The number of aliphatic carboxylic acids is 1. The number of aryl methyl sites for hydroxylation is 1. The molecule has 6 rings (SSSR count). The average Bonchev–Trinajstić information content (AvgIpc) is 3.45. The molecule has 0 unspecified atom stereocenters. The number of alkyl carbamates (subject to hydrolysis) is 1. The highest BCUT2D eigenvalue weighted by molar-refractivity contribution is 7.13. The quantitative estimate of drug-likeness (QED) is 0.330. The average molecular weight is 663 g/mol. The topological polar surface area (TPSA) is 156 Å². The number of benzene rings is 1. The van der Waals surface area contributed by atoms with Crippen molar-refractivity contribution in [2.75, 3.05) is 6.54 Å². The first-order valence-corrected chi connectivity index (χ1v) is 17.1. The van der Waals surface area contributed by atoms with E-state index in [1.807, 2.05) is 41.2 Å². The van der Waals surface area contributed by atoms with Gasteiger partial charge in [-0.25, -0.2) is 19.6 Å². The van der Waals surface area contributed by atoms with Crippen LogP contribution in [0.15, 0.2) is 42.2 Å². The van der Waals surface area contributed by atoms with Gasteiger partial charge in [0.25, 0.3) is 0 Å². The van der Waals surface area contributed by atoms with Crippen LogP contribution in [0.1, 0.15) is 77.3 Å². The number of hydrogen-bond donors (Lipinski definition) is 3. The fraction of sp³-hybridized carbons (Fsp3) is 0.529. The molecule has 3 amide bonds. The summed E-state index contributed by atoms with van der Waals surface area (Å²) in [7, 11) is 0. The summed E-state index contributed by atoms with van der Waals surface area (Å²) in [6.07, 6.45) is 10.7. The molecule has 0 bridgehead atoms. The number of amides is 3. The molecule has 2 aromatic heterocycles. The number of allylic oxidation sites excluding steroid dienone is 1. The number of fused-ring (bicyclic) bond motifs is 3. The van der Waals surface area contributed by atoms with E-state index in [2.05, 4.69) is 20.6 Å². The SMILES string of the molecule is Cc1cc(-c2nccs2)cc2c1ncn2[C@@H]1C[C@H]2C(=O)N[C@]3(C(=O)O)C[C@H]3C=CCCCCC[C@H](NC(=O)OC(C)(C)C)C(=O)N2C1. The Bertz CT molecular complexity index is 1710. The number of nitrogens with zero attached hydrogens (tertiary/aromatic N) is 4. The van der Waals surface area contributed by atoms with E-state index >= 15 is 0 Å². The van der Waals surface area contributed by atoms with E-state index in [-0.39, 0.29) is 24.9 Å². The molecular weight excluding hydrogens is 620 g/mol. The van der Waals surface area contributed by atoms with Gasteiger partial charge < -0.3 is 29.9 Å². The zero-order valence-corrected chi connectivity index (χ0v) is 28.0. The van der Waals surface area contributed by atoms with Crippen molar-refractivity contribution < 1.29 is 29.0 Å². The molecule has 4 heterocycles. The summed E-state index contributed by atoms with van der Waals surface area (Å²) >= 11 is 1.54. The Morgan fingerprint density at radius 2 is 1.98 bits per heavy atom. The lowest BCUT2D eigenvalue weighted by molar-refractivity contribution is -0.145. The number of nitrogens with one attached hydrogen (secondary N) is 2. The van der Waals surface area contributed by atoms with E-state index in [9.17, 15) is 24.3 Å². The molecule has 250 valence electrons. The molecule has 2 aliphatic heterocycles. The first-order valence-electron chi connectivity index (χ1n) is 16.3. The van der Waals surface area contributed by atoms with Gasteiger partial charge in [-0.15, -0.1) is 11.3 Å². The van der Waals surface area contributed by atoms with Crippen molar-refractivity contribution in [3.63, 3.8) is 0 Å². The van der Waals surface area contributed by atoms with Crippen molar-refractivity contribution in [1.29, 1.82) is 0 Å². The van der Waals surface area contributed by atoms with Gasteiger partial charge in [0.2, 0.25) is 11.8 Å². The number of thiazole rings is 1. The Morgan fingerprint density at radius 1 is 1.17 bits per heavy atom. The molecule has 1 saturated heterocycles. The van der Waals surface area contributed by atoms with Crippen molar-refractivity contribution >= 4 is 46.2 Å². The minimum atomic E-state index is -1.41. The summed E-state index contributed by atoms with van der Waals surface area (Å²) in [5.41, 5.74) is 1.43. The lowest BCUT2D eigenvalue weighted by Gasteiger charge is -2.30. The van der Waals surface area contributed by atoms with E-state index in [4.69, 9.17) is 4.74 Å². The molecule has 3 aromatic rings. The Kier molecular flexibility index (Phi) is 8.86. The van der Waals surface area contributed by atoms with E-state index < -0.39 is 47.1 Å². The number of carbonyl (C=O) groups is 4. The normalized spacial score (nSPS) is 26.9. The molecule has 1 saturated carbocycles. The highest BCUT2D eigenvalue weighted by atomic mass is 32.1. The van der Waals surface area contributed by atoms with E-state index in [1.54, 1.807) is 33.3 Å². The van der Waals surface area contributed by atoms with Gasteiger partial charge in [0.05, 0.1) is 23.4 Å². The lowest BCUT2D eigenvalue weighted by atomic mass is 10.0. The fourth-order valence-corrected chi connectivity index (χ4v) is 7.44. The van der Waals surface area contributed by atoms with Gasteiger partial charge in [-0.3, -0.25) is 9.59 Å². The van der Waals surface area contributed by atoms with Crippen LogP contribution in [-0.2, 0) is 19.1 Å². The highest BCUT2D eigenvalue weighted by Gasteiger charge is 2.61. The van der Waals surface area contributed by atoms with Gasteiger partial charge in [-0.2, -0.15) is 0 Å². The van der Waals surface area contributed by atoms with Crippen LogP contribution in [-0.4, -0.2) is 78.2 Å². The van der Waals surface area contributed by atoms with Gasteiger partial charge in [-0.1, -0.05) is 25.0 Å². The summed E-state index contributed by atoms with van der Waals surface area (Å²) in [5.74, 6) is -2.32. The first-order chi connectivity index (χ1) is 22.4. The molecule has 2 fully saturated rings. The van der Waals surface area contributed by atoms with E-state index in [0.29, 0.717) is 19.3 Å². The number of hydrogen-bond acceptors (Lipinski definition) is 8. The summed E-state index contributed by atoms with van der Waals surface area (Å²) in [4.78, 5) is 64.4. The molecule has 47 heavy (non-hydrogen) atoms. The molecule has 12 nitrogen and oxygen atoms in total. The molecule has 1 aliphatic carbocycles. The minimum Gasteiger partial charge on any atom is -0.479 e. The highest BCUT2D eigenvalue weighted by Crippen LogP contribution is 2.46. The van der Waals surface area contributed by atoms with Gasteiger partial charge in [0.15, 0.2) is 0 Å². The van der Waals surface area contributed by atoms with Crippen molar-refractivity contribution in [2.45, 2.75) is 102 Å². The van der Waals surface area contributed by atoms with Crippen LogP contribution in [0.4, 0.5) is 4.79 Å². The maximum absolute atomic E-state index is 14.4. The van der Waals surface area contributed by atoms with Crippen LogP contribution < -0.4 is 10.6 Å². The zero-order chi connectivity index (χ0) is 33.5. The summed E-state index contributed by atoms with van der Waals surface area (Å²) < 4.78 is 7.49. The minimum absolute atomic E-state index is 0.179. The van der Waals surface area contributed by atoms with Crippen LogP contribution in [0.3, 0.4) is 0 Å². The number of rotatable bonds is 4. The Labute approximate surface area is 277 Å². The van der Waals surface area contributed by atoms with Crippen LogP contribution in [0.2, 0.25) is 0 Å². The molecule has 3 aliphatic rings. The summed E-state index contributed by atoms with van der Waals surface area (Å²) in [5, 5.41) is 18.6. The second-order valence-corrected chi connectivity index (χ2v) is 14.8.